The third-order valence-electron chi connectivity index (χ3n) is 4.62. The van der Waals surface area contributed by atoms with Gasteiger partial charge in [-0.15, -0.1) is 0 Å². The Kier molecular flexibility index (Phi) is 4.40. The van der Waals surface area contributed by atoms with Crippen LogP contribution in [0.5, 0.6) is 5.88 Å². The van der Waals surface area contributed by atoms with Crippen LogP contribution in [0.15, 0.2) is 18.6 Å². The molecule has 0 aromatic carbocycles. The fourth-order valence-electron chi connectivity index (χ4n) is 3.35. The highest BCUT2D eigenvalue weighted by Crippen LogP contribution is 2.38. The van der Waals surface area contributed by atoms with E-state index in [0.29, 0.717) is 24.4 Å². The predicted octanol–water partition coefficient (Wildman–Crippen LogP) is 2.13. The molecule has 2 saturated heterocycles. The summed E-state index contributed by atoms with van der Waals surface area (Å²) in [6.07, 6.45) is 8.37. The fraction of sp³-hybridized carbons (Fsp3) is 0.750. The average Bonchev–Trinajstić information content (AvgIpc) is 2.46. The highest BCUT2D eigenvalue weighted by atomic mass is 16.5. The Morgan fingerprint density at radius 2 is 2.29 bits per heavy atom. The Hall–Kier alpha value is -1.20. The maximum absolute atomic E-state index is 6.07. The van der Waals surface area contributed by atoms with E-state index in [2.05, 4.69) is 28.7 Å². The van der Waals surface area contributed by atoms with E-state index in [1.54, 1.807) is 18.6 Å². The summed E-state index contributed by atoms with van der Waals surface area (Å²) in [5.41, 5.74) is 0.125. The molecule has 0 aliphatic carbocycles. The normalized spacial score (nSPS) is 25.0. The highest BCUT2D eigenvalue weighted by molar-refractivity contribution is 5.02. The second kappa shape index (κ2) is 6.28. The van der Waals surface area contributed by atoms with Crippen LogP contribution >= 0.6 is 0 Å². The largest absolute Gasteiger partial charge is 0.477 e. The lowest BCUT2D eigenvalue weighted by Gasteiger charge is -2.55. The summed E-state index contributed by atoms with van der Waals surface area (Å²) in [6.45, 7) is 8.29. The van der Waals surface area contributed by atoms with Crippen molar-refractivity contribution in [2.45, 2.75) is 44.8 Å². The number of rotatable bonds is 5. The van der Waals surface area contributed by atoms with Crippen LogP contribution in [0.2, 0.25) is 0 Å². The van der Waals surface area contributed by atoms with Gasteiger partial charge >= 0.3 is 0 Å². The van der Waals surface area contributed by atoms with Gasteiger partial charge < -0.3 is 9.47 Å². The van der Waals surface area contributed by atoms with Gasteiger partial charge in [-0.25, -0.2) is 4.98 Å². The smallest absolute Gasteiger partial charge is 0.232 e. The SMILES string of the molecule is CC(C)N1CC2(C[C@H](CCOc3cnccn3)CCO2)C1. The van der Waals surface area contributed by atoms with Crippen molar-refractivity contribution < 1.29 is 9.47 Å². The van der Waals surface area contributed by atoms with Crippen molar-refractivity contribution >= 4 is 0 Å². The minimum absolute atomic E-state index is 0.125. The monoisotopic (exact) mass is 291 g/mol. The van der Waals surface area contributed by atoms with E-state index in [0.717, 1.165) is 32.5 Å². The van der Waals surface area contributed by atoms with Crippen LogP contribution in [0, 0.1) is 5.92 Å². The molecule has 0 amide bonds. The lowest BCUT2D eigenvalue weighted by atomic mass is 9.79. The second-order valence-corrected chi connectivity index (χ2v) is 6.57. The number of aromatic nitrogens is 2. The zero-order valence-corrected chi connectivity index (χ0v) is 13.0. The van der Waals surface area contributed by atoms with E-state index in [9.17, 15) is 0 Å². The van der Waals surface area contributed by atoms with Gasteiger partial charge in [0.1, 0.15) is 0 Å². The molecule has 5 nitrogen and oxygen atoms in total. The molecule has 0 unspecified atom stereocenters. The van der Waals surface area contributed by atoms with Gasteiger partial charge in [0.15, 0.2) is 0 Å². The quantitative estimate of drug-likeness (QED) is 0.832. The third kappa shape index (κ3) is 3.52. The van der Waals surface area contributed by atoms with Crippen LogP contribution < -0.4 is 4.74 Å². The van der Waals surface area contributed by atoms with Crippen LogP contribution in [0.1, 0.15) is 33.1 Å². The van der Waals surface area contributed by atoms with Gasteiger partial charge in [0.05, 0.1) is 18.4 Å². The van der Waals surface area contributed by atoms with Crippen molar-refractivity contribution in [2.24, 2.45) is 5.92 Å². The van der Waals surface area contributed by atoms with Crippen LogP contribution in [0.3, 0.4) is 0 Å². The number of likely N-dealkylation sites (tertiary alicyclic amines) is 1. The lowest BCUT2D eigenvalue weighted by Crippen LogP contribution is -2.66. The summed E-state index contributed by atoms with van der Waals surface area (Å²) in [6, 6.07) is 0.625. The van der Waals surface area contributed by atoms with Crippen molar-refractivity contribution in [1.82, 2.24) is 14.9 Å². The summed E-state index contributed by atoms with van der Waals surface area (Å²) >= 11 is 0. The Morgan fingerprint density at radius 3 is 3.00 bits per heavy atom. The molecule has 3 rings (SSSR count). The average molecular weight is 291 g/mol. The molecule has 2 fully saturated rings. The summed E-state index contributed by atoms with van der Waals surface area (Å²) < 4.78 is 11.7. The number of ether oxygens (including phenoxy) is 2. The van der Waals surface area contributed by atoms with Gasteiger partial charge in [-0.3, -0.25) is 9.88 Å². The minimum atomic E-state index is 0.125. The molecule has 0 bridgehead atoms. The first kappa shape index (κ1) is 14.7. The standard InChI is InChI=1S/C16H25N3O2/c1-13(2)19-11-16(12-19)9-14(4-8-21-16)3-7-20-15-10-17-5-6-18-15/h5-6,10,13-14H,3-4,7-9,11-12H2,1-2H3/t14-/m1/s1. The number of nitrogens with zero attached hydrogens (tertiary/aromatic N) is 3. The summed E-state index contributed by atoms with van der Waals surface area (Å²) in [5.74, 6) is 1.32. The third-order valence-corrected chi connectivity index (χ3v) is 4.62. The lowest BCUT2D eigenvalue weighted by molar-refractivity contribution is -0.186. The Labute approximate surface area is 126 Å². The van der Waals surface area contributed by atoms with E-state index < -0.39 is 0 Å². The van der Waals surface area contributed by atoms with Crippen LogP contribution in [0.4, 0.5) is 0 Å². The van der Waals surface area contributed by atoms with Gasteiger partial charge in [0, 0.05) is 38.1 Å². The van der Waals surface area contributed by atoms with Crippen molar-refractivity contribution in [3.05, 3.63) is 18.6 Å². The zero-order valence-electron chi connectivity index (χ0n) is 13.0. The van der Waals surface area contributed by atoms with E-state index in [4.69, 9.17) is 9.47 Å². The summed E-state index contributed by atoms with van der Waals surface area (Å²) in [4.78, 5) is 10.6. The van der Waals surface area contributed by atoms with Crippen molar-refractivity contribution in [3.63, 3.8) is 0 Å². The van der Waals surface area contributed by atoms with Crippen molar-refractivity contribution in [1.29, 1.82) is 0 Å². The molecule has 21 heavy (non-hydrogen) atoms. The topological polar surface area (TPSA) is 47.5 Å². The van der Waals surface area contributed by atoms with Gasteiger partial charge in [-0.2, -0.15) is 0 Å². The van der Waals surface area contributed by atoms with E-state index in [1.165, 1.54) is 6.42 Å². The Balaban J connectivity index is 1.42. The molecular weight excluding hydrogens is 266 g/mol. The molecule has 0 radical (unpaired) electrons. The summed E-state index contributed by atoms with van der Waals surface area (Å²) in [7, 11) is 0. The molecule has 1 atom stereocenters. The Morgan fingerprint density at radius 1 is 1.43 bits per heavy atom. The van der Waals surface area contributed by atoms with Crippen LogP contribution in [-0.4, -0.2) is 52.8 Å². The molecule has 0 saturated carbocycles. The Bertz CT molecular complexity index is 446. The van der Waals surface area contributed by atoms with Crippen molar-refractivity contribution in [3.8, 4) is 5.88 Å². The first-order chi connectivity index (χ1) is 10.2. The molecular formula is C16H25N3O2. The maximum atomic E-state index is 6.07. The highest BCUT2D eigenvalue weighted by Gasteiger charge is 2.47. The predicted molar refractivity (Wildman–Crippen MR) is 80.3 cm³/mol. The van der Waals surface area contributed by atoms with Gasteiger partial charge in [-0.1, -0.05) is 0 Å². The van der Waals surface area contributed by atoms with Gasteiger partial charge in [0.2, 0.25) is 5.88 Å². The van der Waals surface area contributed by atoms with E-state index in [-0.39, 0.29) is 5.60 Å². The van der Waals surface area contributed by atoms with Gasteiger partial charge in [0.25, 0.3) is 0 Å². The number of hydrogen-bond acceptors (Lipinski definition) is 5. The molecule has 2 aliphatic heterocycles. The summed E-state index contributed by atoms with van der Waals surface area (Å²) in [5, 5.41) is 0. The molecule has 5 heteroatoms. The first-order valence-corrected chi connectivity index (χ1v) is 7.94. The first-order valence-electron chi connectivity index (χ1n) is 7.94. The second-order valence-electron chi connectivity index (χ2n) is 6.57. The van der Waals surface area contributed by atoms with E-state index >= 15 is 0 Å². The molecule has 3 heterocycles. The maximum Gasteiger partial charge on any atom is 0.232 e. The van der Waals surface area contributed by atoms with Crippen LogP contribution in [-0.2, 0) is 4.74 Å². The molecule has 0 N–H and O–H groups in total. The molecule has 1 aromatic heterocycles. The van der Waals surface area contributed by atoms with Crippen LogP contribution in [0.25, 0.3) is 0 Å². The molecule has 116 valence electrons. The number of hydrogen-bond donors (Lipinski definition) is 0. The minimum Gasteiger partial charge on any atom is -0.477 e. The molecule has 1 spiro atoms. The fourth-order valence-corrected chi connectivity index (χ4v) is 3.35. The van der Waals surface area contributed by atoms with Crippen molar-refractivity contribution in [2.75, 3.05) is 26.3 Å². The van der Waals surface area contributed by atoms with E-state index in [1.807, 2.05) is 0 Å². The van der Waals surface area contributed by atoms with Gasteiger partial charge in [-0.05, 0) is 39.0 Å². The molecule has 1 aromatic rings. The zero-order chi connectivity index (χ0) is 14.7. The molecule has 2 aliphatic rings.